The average molecular weight is 295 g/mol. The van der Waals surface area contributed by atoms with E-state index in [1.54, 1.807) is 0 Å². The molecule has 1 aliphatic rings. The van der Waals surface area contributed by atoms with E-state index in [2.05, 4.69) is 5.32 Å². The van der Waals surface area contributed by atoms with Crippen LogP contribution < -0.4 is 10.1 Å². The van der Waals surface area contributed by atoms with Crippen LogP contribution in [0.1, 0.15) is 36.0 Å². The maximum atomic E-state index is 13.8. The van der Waals surface area contributed by atoms with Crippen molar-refractivity contribution < 1.29 is 23.8 Å². The van der Waals surface area contributed by atoms with Crippen molar-refractivity contribution in [1.29, 1.82) is 0 Å². The molecule has 2 rings (SSSR count). The zero-order valence-electron chi connectivity index (χ0n) is 11.8. The number of amides is 1. The summed E-state index contributed by atoms with van der Waals surface area (Å²) in [5.41, 5.74) is -0.111. The van der Waals surface area contributed by atoms with E-state index in [9.17, 15) is 14.0 Å². The normalized spacial score (nSPS) is 21.6. The predicted octanol–water partition coefficient (Wildman–Crippen LogP) is 2.21. The molecule has 0 spiro atoms. The monoisotopic (exact) mass is 295 g/mol. The summed E-state index contributed by atoms with van der Waals surface area (Å²) in [5, 5.41) is 11.7. The SMILES string of the molecule is COc1cccc(F)c1C(=O)NC1CCC(C(=O)O)CC1. The van der Waals surface area contributed by atoms with Crippen molar-refractivity contribution in [1.82, 2.24) is 5.32 Å². The smallest absolute Gasteiger partial charge is 0.306 e. The number of hydrogen-bond donors (Lipinski definition) is 2. The molecule has 0 unspecified atom stereocenters. The van der Waals surface area contributed by atoms with Crippen molar-refractivity contribution >= 4 is 11.9 Å². The van der Waals surface area contributed by atoms with Crippen LogP contribution in [-0.4, -0.2) is 30.1 Å². The van der Waals surface area contributed by atoms with Crippen molar-refractivity contribution in [2.75, 3.05) is 7.11 Å². The maximum absolute atomic E-state index is 13.8. The number of hydrogen-bond acceptors (Lipinski definition) is 3. The lowest BCUT2D eigenvalue weighted by Gasteiger charge is -2.27. The number of aliphatic carboxylic acids is 1. The second kappa shape index (κ2) is 6.56. The third-order valence-electron chi connectivity index (χ3n) is 3.83. The van der Waals surface area contributed by atoms with Gasteiger partial charge in [0.2, 0.25) is 0 Å². The number of nitrogens with one attached hydrogen (secondary N) is 1. The fourth-order valence-corrected chi connectivity index (χ4v) is 2.64. The van der Waals surface area contributed by atoms with Gasteiger partial charge >= 0.3 is 5.97 Å². The zero-order chi connectivity index (χ0) is 15.4. The summed E-state index contributed by atoms with van der Waals surface area (Å²) >= 11 is 0. The Morgan fingerprint density at radius 3 is 2.52 bits per heavy atom. The molecule has 0 atom stereocenters. The third kappa shape index (κ3) is 3.51. The molecule has 1 saturated carbocycles. The highest BCUT2D eigenvalue weighted by atomic mass is 19.1. The van der Waals surface area contributed by atoms with Crippen LogP contribution in [0, 0.1) is 11.7 Å². The number of carboxylic acid groups (broad SMARTS) is 1. The lowest BCUT2D eigenvalue weighted by atomic mass is 9.86. The minimum Gasteiger partial charge on any atom is -0.496 e. The van der Waals surface area contributed by atoms with Crippen molar-refractivity contribution in [2.24, 2.45) is 5.92 Å². The fourth-order valence-electron chi connectivity index (χ4n) is 2.64. The zero-order valence-corrected chi connectivity index (χ0v) is 11.8. The highest BCUT2D eigenvalue weighted by Crippen LogP contribution is 2.26. The lowest BCUT2D eigenvalue weighted by Crippen LogP contribution is -2.39. The van der Waals surface area contributed by atoms with E-state index in [0.29, 0.717) is 25.7 Å². The molecule has 0 bridgehead atoms. The molecule has 1 fully saturated rings. The quantitative estimate of drug-likeness (QED) is 0.893. The fraction of sp³-hybridized carbons (Fsp3) is 0.467. The summed E-state index contributed by atoms with van der Waals surface area (Å²) in [7, 11) is 1.38. The Balaban J connectivity index is 2.02. The molecule has 1 aromatic rings. The maximum Gasteiger partial charge on any atom is 0.306 e. The number of halogens is 1. The van der Waals surface area contributed by atoms with Crippen LogP contribution in [0.2, 0.25) is 0 Å². The number of benzene rings is 1. The number of methoxy groups -OCH3 is 1. The average Bonchev–Trinajstić information content (AvgIpc) is 2.47. The molecule has 0 aliphatic heterocycles. The second-order valence-corrected chi connectivity index (χ2v) is 5.18. The second-order valence-electron chi connectivity index (χ2n) is 5.18. The molecule has 21 heavy (non-hydrogen) atoms. The molecule has 114 valence electrons. The van der Waals surface area contributed by atoms with Crippen molar-refractivity contribution in [3.63, 3.8) is 0 Å². The summed E-state index contributed by atoms with van der Waals surface area (Å²) in [5.74, 6) is -2.11. The molecule has 1 amide bonds. The first kappa shape index (κ1) is 15.3. The molecule has 0 radical (unpaired) electrons. The van der Waals surface area contributed by atoms with E-state index < -0.39 is 17.7 Å². The van der Waals surface area contributed by atoms with Crippen molar-refractivity contribution in [2.45, 2.75) is 31.7 Å². The molecular formula is C15H18FNO4. The van der Waals surface area contributed by atoms with E-state index in [1.165, 1.54) is 25.3 Å². The van der Waals surface area contributed by atoms with Crippen molar-refractivity contribution in [3.8, 4) is 5.75 Å². The Kier molecular flexibility index (Phi) is 4.77. The van der Waals surface area contributed by atoms with Gasteiger partial charge in [-0.1, -0.05) is 6.07 Å². The van der Waals surface area contributed by atoms with Gasteiger partial charge in [0.1, 0.15) is 17.1 Å². The Hall–Kier alpha value is -2.11. The Morgan fingerprint density at radius 1 is 1.29 bits per heavy atom. The first-order chi connectivity index (χ1) is 10.0. The summed E-state index contributed by atoms with van der Waals surface area (Å²) in [6, 6.07) is 4.08. The van der Waals surface area contributed by atoms with Gasteiger partial charge in [-0.15, -0.1) is 0 Å². The molecule has 6 heteroatoms. The van der Waals surface area contributed by atoms with E-state index in [4.69, 9.17) is 9.84 Å². The largest absolute Gasteiger partial charge is 0.496 e. The van der Waals surface area contributed by atoms with E-state index in [1.807, 2.05) is 0 Å². The van der Waals surface area contributed by atoms with E-state index in [0.717, 1.165) is 0 Å². The third-order valence-corrected chi connectivity index (χ3v) is 3.83. The molecular weight excluding hydrogens is 277 g/mol. The number of carboxylic acids is 1. The summed E-state index contributed by atoms with van der Waals surface area (Å²) in [4.78, 5) is 23.1. The molecule has 0 aromatic heterocycles. The van der Waals surface area contributed by atoms with Gasteiger partial charge in [0, 0.05) is 6.04 Å². The molecule has 2 N–H and O–H groups in total. The van der Waals surface area contributed by atoms with Gasteiger partial charge in [-0.05, 0) is 37.8 Å². The van der Waals surface area contributed by atoms with Crippen LogP contribution in [0.25, 0.3) is 0 Å². The topological polar surface area (TPSA) is 75.6 Å². The lowest BCUT2D eigenvalue weighted by molar-refractivity contribution is -0.142. The Morgan fingerprint density at radius 2 is 1.95 bits per heavy atom. The van der Waals surface area contributed by atoms with Crippen LogP contribution in [0.5, 0.6) is 5.75 Å². The summed E-state index contributed by atoms with van der Waals surface area (Å²) in [6.45, 7) is 0. The van der Waals surface area contributed by atoms with Crippen LogP contribution >= 0.6 is 0 Å². The van der Waals surface area contributed by atoms with E-state index >= 15 is 0 Å². The van der Waals surface area contributed by atoms with Crippen LogP contribution in [-0.2, 0) is 4.79 Å². The summed E-state index contributed by atoms with van der Waals surface area (Å²) < 4.78 is 18.8. The molecule has 0 saturated heterocycles. The van der Waals surface area contributed by atoms with Crippen molar-refractivity contribution in [3.05, 3.63) is 29.6 Å². The molecule has 1 aromatic carbocycles. The first-order valence-corrected chi connectivity index (χ1v) is 6.89. The highest BCUT2D eigenvalue weighted by Gasteiger charge is 2.28. The number of ether oxygens (including phenoxy) is 1. The van der Waals surface area contributed by atoms with Gasteiger partial charge in [0.25, 0.3) is 5.91 Å². The number of carbonyl (C=O) groups excluding carboxylic acids is 1. The van der Waals surface area contributed by atoms with E-state index in [-0.39, 0.29) is 23.3 Å². The van der Waals surface area contributed by atoms with Crippen LogP contribution in [0.3, 0.4) is 0 Å². The van der Waals surface area contributed by atoms with Gasteiger partial charge in [-0.3, -0.25) is 9.59 Å². The van der Waals surface area contributed by atoms with Crippen LogP contribution in [0.4, 0.5) is 4.39 Å². The Labute approximate surface area is 122 Å². The standard InChI is InChI=1S/C15H18FNO4/c1-21-12-4-2-3-11(16)13(12)14(18)17-10-7-5-9(6-8-10)15(19)20/h2-4,9-10H,5-8H2,1H3,(H,17,18)(H,19,20). The van der Waals surface area contributed by atoms with Gasteiger partial charge in [0.05, 0.1) is 13.0 Å². The number of rotatable bonds is 4. The molecule has 0 heterocycles. The molecule has 5 nitrogen and oxygen atoms in total. The minimum absolute atomic E-state index is 0.111. The summed E-state index contributed by atoms with van der Waals surface area (Å²) in [6.07, 6.45) is 2.21. The minimum atomic E-state index is -0.796. The first-order valence-electron chi connectivity index (χ1n) is 6.89. The van der Waals surface area contributed by atoms with Gasteiger partial charge in [0.15, 0.2) is 0 Å². The predicted molar refractivity (Wildman–Crippen MR) is 73.8 cm³/mol. The number of carbonyl (C=O) groups is 2. The molecule has 1 aliphatic carbocycles. The van der Waals surface area contributed by atoms with Crippen LogP contribution in [0.15, 0.2) is 18.2 Å². The Bertz CT molecular complexity index is 538. The van der Waals surface area contributed by atoms with Gasteiger partial charge < -0.3 is 15.2 Å². The van der Waals surface area contributed by atoms with Gasteiger partial charge in [-0.2, -0.15) is 0 Å². The van der Waals surface area contributed by atoms with Gasteiger partial charge in [-0.25, -0.2) is 4.39 Å². The highest BCUT2D eigenvalue weighted by molar-refractivity contribution is 5.97.